The zero-order chi connectivity index (χ0) is 9.90. The molecule has 0 saturated carbocycles. The molecule has 1 unspecified atom stereocenters. The molecule has 0 aliphatic rings. The molecule has 1 aromatic heterocycles. The van der Waals surface area contributed by atoms with E-state index >= 15 is 0 Å². The molecule has 0 aromatic carbocycles. The zero-order valence-corrected chi connectivity index (χ0v) is 6.42. The Hall–Kier alpha value is -1.57. The summed E-state index contributed by atoms with van der Waals surface area (Å²) in [6, 6.07) is 5.26. The smallest absolute Gasteiger partial charge is 0.260 e. The number of halogens is 3. The Labute approximate surface area is 72.6 Å². The van der Waals surface area contributed by atoms with Crippen LogP contribution in [0.2, 0.25) is 0 Å². The van der Waals surface area contributed by atoms with Crippen molar-refractivity contribution in [3.05, 3.63) is 30.1 Å². The minimum Gasteiger partial charge on any atom is -0.260 e. The summed E-state index contributed by atoms with van der Waals surface area (Å²) >= 11 is 0. The van der Waals surface area contributed by atoms with Gasteiger partial charge in [-0.25, -0.2) is 0 Å². The molecule has 0 bridgehead atoms. The average molecular weight is 186 g/mol. The number of rotatable bonds is 1. The molecular weight excluding hydrogens is 181 g/mol. The number of hydrogen-bond acceptors (Lipinski definition) is 2. The fraction of sp³-hybridized carbons (Fsp3) is 0.250. The van der Waals surface area contributed by atoms with Gasteiger partial charge in [0.1, 0.15) is 0 Å². The summed E-state index contributed by atoms with van der Waals surface area (Å²) in [4.78, 5) is 3.47. The van der Waals surface area contributed by atoms with E-state index in [1.54, 1.807) is 0 Å². The normalized spacial score (nSPS) is 13.4. The third-order valence-electron chi connectivity index (χ3n) is 1.44. The van der Waals surface area contributed by atoms with E-state index in [0.717, 1.165) is 0 Å². The first-order valence-electron chi connectivity index (χ1n) is 3.43. The molecule has 0 N–H and O–H groups in total. The highest BCUT2D eigenvalue weighted by atomic mass is 19.4. The number of hydrogen-bond donors (Lipinski definition) is 0. The highest BCUT2D eigenvalue weighted by Crippen LogP contribution is 2.32. The lowest BCUT2D eigenvalue weighted by molar-refractivity contribution is -0.138. The summed E-state index contributed by atoms with van der Waals surface area (Å²) in [5.41, 5.74) is -0.266. The van der Waals surface area contributed by atoms with E-state index in [4.69, 9.17) is 5.26 Å². The maximum atomic E-state index is 12.1. The van der Waals surface area contributed by atoms with Crippen LogP contribution in [0.4, 0.5) is 13.2 Å². The predicted molar refractivity (Wildman–Crippen MR) is 38.6 cm³/mol. The minimum atomic E-state index is -4.55. The molecule has 13 heavy (non-hydrogen) atoms. The summed E-state index contributed by atoms with van der Waals surface area (Å²) in [5, 5.41) is 8.31. The lowest BCUT2D eigenvalue weighted by Gasteiger charge is -2.11. The SMILES string of the molecule is N#CC(c1ccccn1)C(F)(F)F. The largest absolute Gasteiger partial charge is 0.410 e. The van der Waals surface area contributed by atoms with Crippen LogP contribution in [0.5, 0.6) is 0 Å². The van der Waals surface area contributed by atoms with Crippen LogP contribution in [0.3, 0.4) is 0 Å². The molecule has 1 heterocycles. The lowest BCUT2D eigenvalue weighted by atomic mass is 10.1. The molecule has 0 saturated heterocycles. The molecule has 1 aromatic rings. The van der Waals surface area contributed by atoms with E-state index in [0.29, 0.717) is 0 Å². The Morgan fingerprint density at radius 2 is 2.08 bits per heavy atom. The summed E-state index contributed by atoms with van der Waals surface area (Å²) in [6.45, 7) is 0. The van der Waals surface area contributed by atoms with Crippen LogP contribution >= 0.6 is 0 Å². The highest BCUT2D eigenvalue weighted by molar-refractivity contribution is 5.18. The first kappa shape index (κ1) is 9.52. The van der Waals surface area contributed by atoms with Crippen molar-refractivity contribution in [1.29, 1.82) is 5.26 Å². The number of alkyl halides is 3. The third kappa shape index (κ3) is 2.18. The van der Waals surface area contributed by atoms with Gasteiger partial charge < -0.3 is 0 Å². The van der Waals surface area contributed by atoms with Crippen molar-refractivity contribution in [3.63, 3.8) is 0 Å². The highest BCUT2D eigenvalue weighted by Gasteiger charge is 2.41. The molecule has 0 fully saturated rings. The minimum absolute atomic E-state index is 0.266. The van der Waals surface area contributed by atoms with E-state index in [1.165, 1.54) is 30.5 Å². The van der Waals surface area contributed by atoms with E-state index < -0.39 is 12.1 Å². The van der Waals surface area contributed by atoms with Crippen molar-refractivity contribution < 1.29 is 13.2 Å². The van der Waals surface area contributed by atoms with Gasteiger partial charge in [0.05, 0.1) is 11.8 Å². The summed E-state index contributed by atoms with van der Waals surface area (Å²) in [6.07, 6.45) is -3.32. The molecule has 1 atom stereocenters. The number of nitriles is 1. The summed E-state index contributed by atoms with van der Waals surface area (Å²) in [5.74, 6) is -2.13. The van der Waals surface area contributed by atoms with Gasteiger partial charge in [-0.2, -0.15) is 18.4 Å². The maximum absolute atomic E-state index is 12.1. The Morgan fingerprint density at radius 3 is 2.46 bits per heavy atom. The second-order valence-electron chi connectivity index (χ2n) is 2.36. The molecule has 0 spiro atoms. The van der Waals surface area contributed by atoms with Gasteiger partial charge >= 0.3 is 6.18 Å². The van der Waals surface area contributed by atoms with Crippen molar-refractivity contribution in [2.75, 3.05) is 0 Å². The Bertz CT molecular complexity index is 312. The average Bonchev–Trinajstić information content (AvgIpc) is 2.05. The van der Waals surface area contributed by atoms with Crippen LogP contribution < -0.4 is 0 Å². The van der Waals surface area contributed by atoms with E-state index in [-0.39, 0.29) is 5.69 Å². The standard InChI is InChI=1S/C8H5F3N2/c9-8(10,11)6(5-12)7-3-1-2-4-13-7/h1-4,6H. The monoisotopic (exact) mass is 186 g/mol. The molecular formula is C8H5F3N2. The van der Waals surface area contributed by atoms with Crippen LogP contribution in [0.1, 0.15) is 11.6 Å². The first-order chi connectivity index (χ1) is 6.05. The molecule has 0 aliphatic carbocycles. The first-order valence-corrected chi connectivity index (χ1v) is 3.43. The molecule has 5 heteroatoms. The third-order valence-corrected chi connectivity index (χ3v) is 1.44. The van der Waals surface area contributed by atoms with Gasteiger partial charge in [0.15, 0.2) is 5.92 Å². The second kappa shape index (κ2) is 3.44. The topological polar surface area (TPSA) is 36.7 Å². The number of aromatic nitrogens is 1. The van der Waals surface area contributed by atoms with Crippen LogP contribution in [-0.2, 0) is 0 Å². The van der Waals surface area contributed by atoms with Crippen LogP contribution in [-0.4, -0.2) is 11.2 Å². The van der Waals surface area contributed by atoms with Gasteiger partial charge in [-0.1, -0.05) is 6.07 Å². The van der Waals surface area contributed by atoms with Gasteiger partial charge in [0.25, 0.3) is 0 Å². The molecule has 1 rings (SSSR count). The van der Waals surface area contributed by atoms with E-state index in [1.807, 2.05) is 0 Å². The van der Waals surface area contributed by atoms with Gasteiger partial charge in [0, 0.05) is 6.20 Å². The summed E-state index contributed by atoms with van der Waals surface area (Å²) in [7, 11) is 0. The van der Waals surface area contributed by atoms with Crippen LogP contribution in [0.25, 0.3) is 0 Å². The van der Waals surface area contributed by atoms with Crippen LogP contribution in [0, 0.1) is 11.3 Å². The van der Waals surface area contributed by atoms with Crippen molar-refractivity contribution in [1.82, 2.24) is 4.98 Å². The van der Waals surface area contributed by atoms with Crippen molar-refractivity contribution >= 4 is 0 Å². The van der Waals surface area contributed by atoms with E-state index in [9.17, 15) is 13.2 Å². The van der Waals surface area contributed by atoms with Crippen molar-refractivity contribution in [2.24, 2.45) is 0 Å². The van der Waals surface area contributed by atoms with Gasteiger partial charge in [0.2, 0.25) is 0 Å². The lowest BCUT2D eigenvalue weighted by Crippen LogP contribution is -2.20. The molecule has 2 nitrogen and oxygen atoms in total. The molecule has 0 radical (unpaired) electrons. The zero-order valence-electron chi connectivity index (χ0n) is 6.42. The Morgan fingerprint density at radius 1 is 1.38 bits per heavy atom. The van der Waals surface area contributed by atoms with Gasteiger partial charge in [-0.05, 0) is 12.1 Å². The molecule has 0 aliphatic heterocycles. The van der Waals surface area contributed by atoms with Gasteiger partial charge in [-0.3, -0.25) is 4.98 Å². The van der Waals surface area contributed by atoms with Crippen LogP contribution in [0.15, 0.2) is 24.4 Å². The van der Waals surface area contributed by atoms with Gasteiger partial charge in [-0.15, -0.1) is 0 Å². The fourth-order valence-electron chi connectivity index (χ4n) is 0.854. The Kier molecular flexibility index (Phi) is 2.52. The number of pyridine rings is 1. The Balaban J connectivity index is 3.01. The fourth-order valence-corrected chi connectivity index (χ4v) is 0.854. The van der Waals surface area contributed by atoms with Crippen molar-refractivity contribution in [3.8, 4) is 6.07 Å². The van der Waals surface area contributed by atoms with Crippen molar-refractivity contribution in [2.45, 2.75) is 12.1 Å². The molecule has 68 valence electrons. The second-order valence-corrected chi connectivity index (χ2v) is 2.36. The maximum Gasteiger partial charge on any atom is 0.410 e. The summed E-state index contributed by atoms with van der Waals surface area (Å²) < 4.78 is 36.4. The number of nitrogens with zero attached hydrogens (tertiary/aromatic N) is 2. The predicted octanol–water partition coefficient (Wildman–Crippen LogP) is 2.25. The quantitative estimate of drug-likeness (QED) is 0.674. The van der Waals surface area contributed by atoms with E-state index in [2.05, 4.69) is 4.98 Å². The molecule has 0 amide bonds.